The van der Waals surface area contributed by atoms with Gasteiger partial charge in [-0.05, 0) is 0 Å². The van der Waals surface area contributed by atoms with E-state index in [1.54, 1.807) is 6.20 Å². The maximum Gasteiger partial charge on any atom is 0.144 e. The van der Waals surface area contributed by atoms with Gasteiger partial charge in [0, 0.05) is 12.0 Å². The number of fused-ring (bicyclic) bond motifs is 1. The second-order valence-corrected chi connectivity index (χ2v) is 2.23. The number of aromatic hydroxyl groups is 1. The molecular weight excluding hydrogens is 130 g/mol. The smallest absolute Gasteiger partial charge is 0.144 e. The van der Waals surface area contributed by atoms with Crippen molar-refractivity contribution in [3.8, 4) is 11.5 Å². The van der Waals surface area contributed by atoms with Crippen LogP contribution in [-0.2, 0) is 6.42 Å². The van der Waals surface area contributed by atoms with E-state index in [1.807, 2.05) is 0 Å². The summed E-state index contributed by atoms with van der Waals surface area (Å²) in [6.45, 7) is 0.661. The molecule has 1 aromatic rings. The van der Waals surface area contributed by atoms with E-state index >= 15 is 0 Å². The Bertz CT molecular complexity index is 260. The Morgan fingerprint density at radius 1 is 1.50 bits per heavy atom. The first-order chi connectivity index (χ1) is 4.88. The van der Waals surface area contributed by atoms with Gasteiger partial charge in [0.05, 0.1) is 19.0 Å². The highest BCUT2D eigenvalue weighted by atomic mass is 16.5. The summed E-state index contributed by atoms with van der Waals surface area (Å²) in [5.41, 5.74) is 0.884. The monoisotopic (exact) mass is 137 g/mol. The third-order valence-corrected chi connectivity index (χ3v) is 1.60. The highest BCUT2D eigenvalue weighted by Crippen LogP contribution is 2.30. The van der Waals surface area contributed by atoms with Crippen molar-refractivity contribution in [2.45, 2.75) is 6.42 Å². The highest BCUT2D eigenvalue weighted by Gasteiger charge is 2.15. The van der Waals surface area contributed by atoms with Crippen molar-refractivity contribution < 1.29 is 9.84 Å². The number of hydrogen-bond acceptors (Lipinski definition) is 3. The van der Waals surface area contributed by atoms with Gasteiger partial charge in [0.2, 0.25) is 0 Å². The summed E-state index contributed by atoms with van der Waals surface area (Å²) in [6, 6.07) is 0. The molecule has 1 N–H and O–H groups in total. The van der Waals surface area contributed by atoms with Crippen LogP contribution in [0.5, 0.6) is 11.5 Å². The van der Waals surface area contributed by atoms with E-state index < -0.39 is 0 Å². The molecule has 3 nitrogen and oxygen atoms in total. The summed E-state index contributed by atoms with van der Waals surface area (Å²) >= 11 is 0. The molecule has 2 rings (SSSR count). The lowest BCUT2D eigenvalue weighted by atomic mass is 10.2. The highest BCUT2D eigenvalue weighted by molar-refractivity contribution is 5.42. The van der Waals surface area contributed by atoms with Crippen LogP contribution in [0.3, 0.4) is 0 Å². The molecule has 3 heteroatoms. The fourth-order valence-corrected chi connectivity index (χ4v) is 1.10. The van der Waals surface area contributed by atoms with Gasteiger partial charge < -0.3 is 9.84 Å². The maximum absolute atomic E-state index is 9.19. The first-order valence-electron chi connectivity index (χ1n) is 3.16. The lowest BCUT2D eigenvalue weighted by Gasteiger charge is -1.97. The Hall–Kier alpha value is -1.25. The predicted octanol–water partition coefficient (Wildman–Crippen LogP) is 0.722. The molecule has 0 fully saturated rings. The van der Waals surface area contributed by atoms with E-state index in [0.29, 0.717) is 6.61 Å². The molecule has 0 radical (unpaired) electrons. The number of rotatable bonds is 0. The normalized spacial score (nSPS) is 14.4. The molecule has 0 unspecified atom stereocenters. The van der Waals surface area contributed by atoms with Crippen LogP contribution < -0.4 is 4.74 Å². The van der Waals surface area contributed by atoms with Gasteiger partial charge >= 0.3 is 0 Å². The molecule has 0 saturated heterocycles. The molecule has 0 aliphatic carbocycles. The van der Waals surface area contributed by atoms with Crippen molar-refractivity contribution in [1.29, 1.82) is 0 Å². The molecule has 0 spiro atoms. The largest absolute Gasteiger partial charge is 0.506 e. The van der Waals surface area contributed by atoms with Gasteiger partial charge in [-0.15, -0.1) is 0 Å². The Balaban J connectivity index is 2.59. The number of hydrogen-bond donors (Lipinski definition) is 1. The Labute approximate surface area is 58.3 Å². The van der Waals surface area contributed by atoms with Crippen LogP contribution >= 0.6 is 0 Å². The molecule has 1 aromatic heterocycles. The second-order valence-electron chi connectivity index (χ2n) is 2.23. The lowest BCUT2D eigenvalue weighted by Crippen LogP contribution is -1.86. The van der Waals surface area contributed by atoms with E-state index in [0.717, 1.165) is 17.7 Å². The van der Waals surface area contributed by atoms with Crippen LogP contribution in [0.4, 0.5) is 0 Å². The Kier molecular flexibility index (Phi) is 1.03. The van der Waals surface area contributed by atoms with Gasteiger partial charge in [-0.25, -0.2) is 0 Å². The summed E-state index contributed by atoms with van der Waals surface area (Å²) in [5, 5.41) is 9.19. The molecule has 1 aliphatic rings. The summed E-state index contributed by atoms with van der Waals surface area (Å²) in [7, 11) is 0. The van der Waals surface area contributed by atoms with Crippen molar-refractivity contribution in [3.63, 3.8) is 0 Å². The summed E-state index contributed by atoms with van der Waals surface area (Å²) in [6.07, 6.45) is 3.86. The summed E-state index contributed by atoms with van der Waals surface area (Å²) < 4.78 is 5.16. The first-order valence-corrected chi connectivity index (χ1v) is 3.16. The minimum absolute atomic E-state index is 0.245. The van der Waals surface area contributed by atoms with E-state index in [1.165, 1.54) is 6.20 Å². The Morgan fingerprint density at radius 2 is 2.40 bits per heavy atom. The number of nitrogens with zero attached hydrogens (tertiary/aromatic N) is 1. The van der Waals surface area contributed by atoms with E-state index in [-0.39, 0.29) is 5.75 Å². The molecule has 0 amide bonds. The molecular formula is C7H7NO2. The molecule has 52 valence electrons. The standard InChI is InChI=1S/C7H7NO2/c9-6-3-8-4-7-5(6)1-2-10-7/h3-4,9H,1-2H2. The van der Waals surface area contributed by atoms with Gasteiger partial charge in [-0.1, -0.05) is 0 Å². The minimum Gasteiger partial charge on any atom is -0.506 e. The van der Waals surface area contributed by atoms with Gasteiger partial charge in [-0.3, -0.25) is 4.98 Å². The molecule has 0 atom stereocenters. The minimum atomic E-state index is 0.245. The molecule has 1 aliphatic heterocycles. The van der Waals surface area contributed by atoms with Gasteiger partial charge in [0.15, 0.2) is 0 Å². The average Bonchev–Trinajstić information content (AvgIpc) is 2.36. The average molecular weight is 137 g/mol. The molecule has 10 heavy (non-hydrogen) atoms. The zero-order valence-corrected chi connectivity index (χ0v) is 5.37. The number of aromatic nitrogens is 1. The fourth-order valence-electron chi connectivity index (χ4n) is 1.10. The maximum atomic E-state index is 9.19. The number of ether oxygens (including phenoxy) is 1. The van der Waals surface area contributed by atoms with Crippen LogP contribution in [-0.4, -0.2) is 16.7 Å². The third-order valence-electron chi connectivity index (χ3n) is 1.60. The summed E-state index contributed by atoms with van der Waals surface area (Å²) in [5.74, 6) is 0.968. The van der Waals surface area contributed by atoms with Crippen molar-refractivity contribution >= 4 is 0 Å². The van der Waals surface area contributed by atoms with E-state index in [2.05, 4.69) is 4.98 Å². The second kappa shape index (κ2) is 1.87. The molecule has 0 saturated carbocycles. The van der Waals surface area contributed by atoms with E-state index in [9.17, 15) is 5.11 Å². The van der Waals surface area contributed by atoms with Crippen LogP contribution in [0.2, 0.25) is 0 Å². The van der Waals surface area contributed by atoms with Crippen LogP contribution in [0.15, 0.2) is 12.4 Å². The van der Waals surface area contributed by atoms with Crippen molar-refractivity contribution in [2.75, 3.05) is 6.61 Å². The Morgan fingerprint density at radius 3 is 3.20 bits per heavy atom. The number of pyridine rings is 1. The van der Waals surface area contributed by atoms with Crippen LogP contribution in [0, 0.1) is 0 Å². The van der Waals surface area contributed by atoms with Crippen molar-refractivity contribution in [1.82, 2.24) is 4.98 Å². The molecule has 2 heterocycles. The first kappa shape index (κ1) is 5.53. The molecule has 0 aromatic carbocycles. The van der Waals surface area contributed by atoms with Gasteiger partial charge in [-0.2, -0.15) is 0 Å². The quantitative estimate of drug-likeness (QED) is 0.573. The lowest BCUT2D eigenvalue weighted by molar-refractivity contribution is 0.355. The van der Waals surface area contributed by atoms with Gasteiger partial charge in [0.1, 0.15) is 11.5 Å². The summed E-state index contributed by atoms with van der Waals surface area (Å²) in [4.78, 5) is 3.78. The van der Waals surface area contributed by atoms with E-state index in [4.69, 9.17) is 4.74 Å². The van der Waals surface area contributed by atoms with Crippen molar-refractivity contribution in [2.24, 2.45) is 0 Å². The zero-order chi connectivity index (χ0) is 6.97. The third kappa shape index (κ3) is 0.635. The molecule has 0 bridgehead atoms. The van der Waals surface area contributed by atoms with Gasteiger partial charge in [0.25, 0.3) is 0 Å². The topological polar surface area (TPSA) is 42.4 Å². The van der Waals surface area contributed by atoms with Crippen LogP contribution in [0.1, 0.15) is 5.56 Å². The predicted molar refractivity (Wildman–Crippen MR) is 35.1 cm³/mol. The zero-order valence-electron chi connectivity index (χ0n) is 5.37. The van der Waals surface area contributed by atoms with Crippen LogP contribution in [0.25, 0.3) is 0 Å². The fraction of sp³-hybridized carbons (Fsp3) is 0.286. The SMILES string of the molecule is Oc1cncc2c1CCO2. The van der Waals surface area contributed by atoms with Crippen molar-refractivity contribution in [3.05, 3.63) is 18.0 Å².